The predicted octanol–water partition coefficient (Wildman–Crippen LogP) is 2.76. The number of fused-ring (bicyclic) bond motifs is 1. The van der Waals surface area contributed by atoms with Crippen molar-refractivity contribution in [3.05, 3.63) is 53.6 Å². The van der Waals surface area contributed by atoms with Gasteiger partial charge in [-0.2, -0.15) is 0 Å². The van der Waals surface area contributed by atoms with Crippen LogP contribution >= 0.6 is 0 Å². The van der Waals surface area contributed by atoms with Crippen molar-refractivity contribution < 1.29 is 23.9 Å². The molecular weight excluding hydrogens is 384 g/mol. The molecule has 3 rings (SSSR count). The van der Waals surface area contributed by atoms with Crippen molar-refractivity contribution in [2.45, 2.75) is 25.7 Å². The molecule has 0 unspecified atom stereocenters. The van der Waals surface area contributed by atoms with E-state index in [0.717, 1.165) is 22.7 Å². The van der Waals surface area contributed by atoms with Crippen molar-refractivity contribution in [1.29, 1.82) is 0 Å². The van der Waals surface area contributed by atoms with Crippen molar-refractivity contribution >= 4 is 23.3 Å². The summed E-state index contributed by atoms with van der Waals surface area (Å²) in [4.78, 5) is 37.7. The highest BCUT2D eigenvalue weighted by Gasteiger charge is 2.24. The van der Waals surface area contributed by atoms with Gasteiger partial charge in [0.2, 0.25) is 11.8 Å². The Bertz CT molecular complexity index is 924. The molecule has 7 heteroatoms. The van der Waals surface area contributed by atoms with Crippen molar-refractivity contribution in [3.63, 3.8) is 0 Å². The zero-order valence-electron chi connectivity index (χ0n) is 17.3. The number of Topliss-reactive ketones (excluding diaryl/α,β-unsaturated/α-hetero) is 1. The zero-order valence-corrected chi connectivity index (χ0v) is 17.3. The highest BCUT2D eigenvalue weighted by atomic mass is 16.5. The molecule has 0 aromatic heterocycles. The van der Waals surface area contributed by atoms with E-state index in [-0.39, 0.29) is 30.6 Å². The Morgan fingerprint density at radius 3 is 2.53 bits per heavy atom. The van der Waals surface area contributed by atoms with Gasteiger partial charge >= 0.3 is 0 Å². The monoisotopic (exact) mass is 410 g/mol. The summed E-state index contributed by atoms with van der Waals surface area (Å²) in [6.07, 6.45) is 1.45. The Morgan fingerprint density at radius 2 is 1.80 bits per heavy atom. The fourth-order valence-electron chi connectivity index (χ4n) is 3.29. The maximum atomic E-state index is 12.4. The zero-order chi connectivity index (χ0) is 21.5. The minimum absolute atomic E-state index is 0.0258. The summed E-state index contributed by atoms with van der Waals surface area (Å²) in [5.74, 6) is 1.35. The number of hydrogen-bond acceptors (Lipinski definition) is 5. The molecule has 2 aromatic rings. The van der Waals surface area contributed by atoms with Gasteiger partial charge in [0.05, 0.1) is 20.1 Å². The van der Waals surface area contributed by atoms with E-state index in [0.29, 0.717) is 31.4 Å². The Hall–Kier alpha value is -3.35. The standard InChI is InChI=1S/C23H26N2O5/c1-25-20-10-5-16(14-17(20)15-23(25)28)21(26)11-12-24-22(27)4-3-13-30-19-8-6-18(29-2)7-9-19/h5-10,14H,3-4,11-13,15H2,1-2H3,(H,24,27). The summed E-state index contributed by atoms with van der Waals surface area (Å²) in [5, 5.41) is 2.77. The third-order valence-electron chi connectivity index (χ3n) is 5.03. The highest BCUT2D eigenvalue weighted by molar-refractivity contribution is 6.03. The Kier molecular flexibility index (Phi) is 7.06. The van der Waals surface area contributed by atoms with E-state index in [1.54, 1.807) is 37.3 Å². The van der Waals surface area contributed by atoms with Gasteiger partial charge in [-0.15, -0.1) is 0 Å². The molecule has 0 atom stereocenters. The molecule has 0 aliphatic carbocycles. The number of amides is 2. The first kappa shape index (κ1) is 21.4. The van der Waals surface area contributed by atoms with Crippen LogP contribution in [0, 0.1) is 0 Å². The Labute approximate surface area is 176 Å². The molecule has 0 radical (unpaired) electrons. The van der Waals surface area contributed by atoms with Gasteiger partial charge in [0.1, 0.15) is 11.5 Å². The third-order valence-corrected chi connectivity index (χ3v) is 5.03. The van der Waals surface area contributed by atoms with Gasteiger partial charge in [0.15, 0.2) is 5.78 Å². The number of benzene rings is 2. The highest BCUT2D eigenvalue weighted by Crippen LogP contribution is 2.28. The number of ether oxygens (including phenoxy) is 2. The lowest BCUT2D eigenvalue weighted by Gasteiger charge is -2.10. The summed E-state index contributed by atoms with van der Waals surface area (Å²) < 4.78 is 10.7. The average Bonchev–Trinajstić information content (AvgIpc) is 3.04. The quantitative estimate of drug-likeness (QED) is 0.481. The lowest BCUT2D eigenvalue weighted by Crippen LogP contribution is -2.26. The summed E-state index contributed by atoms with van der Waals surface area (Å²) >= 11 is 0. The minimum atomic E-state index is -0.109. The van der Waals surface area contributed by atoms with E-state index in [1.807, 2.05) is 24.3 Å². The van der Waals surface area contributed by atoms with Crippen LogP contribution in [-0.2, 0) is 16.0 Å². The van der Waals surface area contributed by atoms with Crippen LogP contribution in [0.3, 0.4) is 0 Å². The van der Waals surface area contributed by atoms with Gasteiger partial charge < -0.3 is 19.7 Å². The summed E-state index contributed by atoms with van der Waals surface area (Å²) in [6.45, 7) is 0.716. The van der Waals surface area contributed by atoms with Crippen LogP contribution in [-0.4, -0.2) is 44.9 Å². The Morgan fingerprint density at radius 1 is 1.07 bits per heavy atom. The topological polar surface area (TPSA) is 84.9 Å². The fourth-order valence-corrected chi connectivity index (χ4v) is 3.29. The molecule has 158 valence electrons. The van der Waals surface area contributed by atoms with E-state index in [2.05, 4.69) is 5.32 Å². The van der Waals surface area contributed by atoms with Crippen molar-refractivity contribution in [1.82, 2.24) is 5.32 Å². The number of ketones is 1. The number of carbonyl (C=O) groups is 3. The van der Waals surface area contributed by atoms with Crippen LogP contribution in [0.4, 0.5) is 5.69 Å². The minimum Gasteiger partial charge on any atom is -0.497 e. The van der Waals surface area contributed by atoms with Gasteiger partial charge in [-0.05, 0) is 54.4 Å². The molecule has 0 fully saturated rings. The second-order valence-electron chi connectivity index (χ2n) is 7.12. The van der Waals surface area contributed by atoms with Crippen LogP contribution in [0.1, 0.15) is 35.2 Å². The fraction of sp³-hybridized carbons (Fsp3) is 0.348. The third kappa shape index (κ3) is 5.37. The molecule has 1 aliphatic rings. The van der Waals surface area contributed by atoms with Gasteiger partial charge in [-0.25, -0.2) is 0 Å². The molecule has 0 spiro atoms. The molecule has 1 aliphatic heterocycles. The molecule has 30 heavy (non-hydrogen) atoms. The number of rotatable bonds is 10. The lowest BCUT2D eigenvalue weighted by atomic mass is 10.0. The largest absolute Gasteiger partial charge is 0.497 e. The normalized spacial score (nSPS) is 12.5. The van der Waals surface area contributed by atoms with E-state index >= 15 is 0 Å². The summed E-state index contributed by atoms with van der Waals surface area (Å²) in [6, 6.07) is 12.6. The summed E-state index contributed by atoms with van der Waals surface area (Å²) in [7, 11) is 3.34. The van der Waals surface area contributed by atoms with E-state index in [4.69, 9.17) is 9.47 Å². The summed E-state index contributed by atoms with van der Waals surface area (Å²) in [5.41, 5.74) is 2.29. The molecular formula is C23H26N2O5. The van der Waals surface area contributed by atoms with Crippen molar-refractivity contribution in [2.75, 3.05) is 32.2 Å². The molecule has 7 nitrogen and oxygen atoms in total. The first-order chi connectivity index (χ1) is 14.5. The molecule has 2 amide bonds. The number of carbonyl (C=O) groups excluding carboxylic acids is 3. The van der Waals surface area contributed by atoms with Gasteiger partial charge in [-0.3, -0.25) is 14.4 Å². The van der Waals surface area contributed by atoms with E-state index in [9.17, 15) is 14.4 Å². The van der Waals surface area contributed by atoms with E-state index in [1.165, 1.54) is 0 Å². The number of hydrogen-bond donors (Lipinski definition) is 1. The van der Waals surface area contributed by atoms with Crippen LogP contribution in [0.25, 0.3) is 0 Å². The maximum absolute atomic E-state index is 12.4. The van der Waals surface area contributed by atoms with Gasteiger partial charge in [0, 0.05) is 37.7 Å². The molecule has 1 N–H and O–H groups in total. The van der Waals surface area contributed by atoms with Crippen LogP contribution in [0.15, 0.2) is 42.5 Å². The number of likely N-dealkylation sites (N-methyl/N-ethyl adjacent to an activating group) is 1. The number of nitrogens with zero attached hydrogens (tertiary/aromatic N) is 1. The smallest absolute Gasteiger partial charge is 0.231 e. The van der Waals surface area contributed by atoms with Crippen LogP contribution in [0.5, 0.6) is 11.5 Å². The molecule has 0 bridgehead atoms. The average molecular weight is 410 g/mol. The predicted molar refractivity (Wildman–Crippen MR) is 113 cm³/mol. The first-order valence-corrected chi connectivity index (χ1v) is 9.94. The van der Waals surface area contributed by atoms with Crippen molar-refractivity contribution in [2.24, 2.45) is 0 Å². The lowest BCUT2D eigenvalue weighted by molar-refractivity contribution is -0.121. The number of nitrogens with one attached hydrogen (secondary N) is 1. The second kappa shape index (κ2) is 9.91. The van der Waals surface area contributed by atoms with Gasteiger partial charge in [-0.1, -0.05) is 0 Å². The number of methoxy groups -OCH3 is 1. The van der Waals surface area contributed by atoms with Crippen LogP contribution < -0.4 is 19.7 Å². The number of anilines is 1. The maximum Gasteiger partial charge on any atom is 0.231 e. The second-order valence-corrected chi connectivity index (χ2v) is 7.12. The first-order valence-electron chi connectivity index (χ1n) is 9.94. The van der Waals surface area contributed by atoms with Crippen molar-refractivity contribution in [3.8, 4) is 11.5 Å². The molecule has 0 saturated carbocycles. The Balaban J connectivity index is 1.34. The molecule has 2 aromatic carbocycles. The van der Waals surface area contributed by atoms with Gasteiger partial charge in [0.25, 0.3) is 0 Å². The molecule has 0 saturated heterocycles. The van der Waals surface area contributed by atoms with E-state index < -0.39 is 0 Å². The SMILES string of the molecule is COc1ccc(OCCCC(=O)NCCC(=O)c2ccc3c(c2)CC(=O)N3C)cc1. The van der Waals surface area contributed by atoms with Crippen LogP contribution in [0.2, 0.25) is 0 Å². The molecule has 1 heterocycles.